The van der Waals surface area contributed by atoms with Gasteiger partial charge in [0.25, 0.3) is 0 Å². The van der Waals surface area contributed by atoms with Crippen LogP contribution in [0.5, 0.6) is 11.5 Å². The largest absolute Gasteiger partial charge is 0.455 e. The first-order valence-electron chi connectivity index (χ1n) is 5.20. The maximum atomic E-state index is 6.07. The molecule has 0 saturated heterocycles. The Balaban J connectivity index is 2.46. The van der Waals surface area contributed by atoms with Crippen LogP contribution < -0.4 is 10.5 Å². The van der Waals surface area contributed by atoms with Crippen molar-refractivity contribution in [2.24, 2.45) is 5.73 Å². The van der Waals surface area contributed by atoms with Gasteiger partial charge in [-0.3, -0.25) is 0 Å². The first-order valence-corrected chi connectivity index (χ1v) is 7.16. The lowest BCUT2D eigenvalue weighted by Gasteiger charge is -2.12. The molecule has 0 atom stereocenters. The normalized spacial score (nSPS) is 10.3. The maximum Gasteiger partial charge on any atom is 0.147 e. The van der Waals surface area contributed by atoms with Crippen LogP contribution in [0.3, 0.4) is 0 Å². The molecule has 2 rings (SSSR count). The zero-order chi connectivity index (χ0) is 14.0. The highest BCUT2D eigenvalue weighted by Crippen LogP contribution is 2.35. The molecule has 98 valence electrons. The summed E-state index contributed by atoms with van der Waals surface area (Å²) in [6.45, 7) is 0. The van der Waals surface area contributed by atoms with E-state index in [0.29, 0.717) is 27.1 Å². The summed E-state index contributed by atoms with van der Waals surface area (Å²) in [5.74, 6) is 0.968. The van der Waals surface area contributed by atoms with E-state index >= 15 is 0 Å². The van der Waals surface area contributed by atoms with Gasteiger partial charge in [-0.05, 0) is 30.3 Å². The number of hydrogen-bond donors (Lipinski definition) is 1. The predicted octanol–water partition coefficient (Wildman–Crippen LogP) is 5.18. The summed E-state index contributed by atoms with van der Waals surface area (Å²) in [4.78, 5) is 0.173. The molecule has 0 saturated carbocycles. The van der Waals surface area contributed by atoms with Crippen molar-refractivity contribution in [2.45, 2.75) is 0 Å². The Morgan fingerprint density at radius 1 is 1.11 bits per heavy atom. The smallest absolute Gasteiger partial charge is 0.147 e. The first kappa shape index (κ1) is 14.6. The third kappa shape index (κ3) is 3.39. The molecule has 0 heterocycles. The average Bonchev–Trinajstić information content (AvgIpc) is 2.33. The van der Waals surface area contributed by atoms with Crippen molar-refractivity contribution in [3.63, 3.8) is 0 Å². The van der Waals surface area contributed by atoms with Gasteiger partial charge in [0.15, 0.2) is 0 Å². The van der Waals surface area contributed by atoms with E-state index in [1.807, 2.05) is 6.07 Å². The second-order valence-corrected chi connectivity index (χ2v) is 5.82. The molecule has 0 aliphatic carbocycles. The zero-order valence-electron chi connectivity index (χ0n) is 9.49. The van der Waals surface area contributed by atoms with E-state index in [2.05, 4.69) is 15.9 Å². The van der Waals surface area contributed by atoms with Gasteiger partial charge in [0.1, 0.15) is 16.5 Å². The third-order valence-corrected chi connectivity index (χ3v) is 3.66. The molecule has 0 fully saturated rings. The fourth-order valence-electron chi connectivity index (χ4n) is 1.50. The van der Waals surface area contributed by atoms with Gasteiger partial charge in [-0.2, -0.15) is 0 Å². The topological polar surface area (TPSA) is 35.2 Å². The van der Waals surface area contributed by atoms with Gasteiger partial charge in [-0.1, -0.05) is 57.4 Å². The molecule has 0 radical (unpaired) electrons. The minimum absolute atomic E-state index is 0.173. The van der Waals surface area contributed by atoms with Gasteiger partial charge in [-0.15, -0.1) is 0 Å². The molecule has 0 aliphatic heterocycles. The van der Waals surface area contributed by atoms with Crippen molar-refractivity contribution in [3.05, 3.63) is 56.5 Å². The molecule has 2 nitrogen and oxygen atoms in total. The lowest BCUT2D eigenvalue weighted by molar-refractivity contribution is 0.481. The van der Waals surface area contributed by atoms with E-state index in [1.54, 1.807) is 30.3 Å². The summed E-state index contributed by atoms with van der Waals surface area (Å²) in [5.41, 5.74) is 6.16. The van der Waals surface area contributed by atoms with Gasteiger partial charge < -0.3 is 10.5 Å². The van der Waals surface area contributed by atoms with Crippen LogP contribution in [-0.2, 0) is 0 Å². The van der Waals surface area contributed by atoms with Crippen LogP contribution in [0, 0.1) is 0 Å². The molecule has 19 heavy (non-hydrogen) atoms. The third-order valence-electron chi connectivity index (χ3n) is 2.33. The number of halogens is 3. The zero-order valence-corrected chi connectivity index (χ0v) is 13.4. The molecule has 0 aromatic heterocycles. The van der Waals surface area contributed by atoms with Gasteiger partial charge in [-0.25, -0.2) is 0 Å². The molecule has 0 spiro atoms. The Labute approximate surface area is 134 Å². The lowest BCUT2D eigenvalue weighted by atomic mass is 10.2. The molecule has 2 aromatic carbocycles. The van der Waals surface area contributed by atoms with Crippen LogP contribution in [0.25, 0.3) is 0 Å². The molecular formula is C13H8BrCl2NOS. The average molecular weight is 377 g/mol. The van der Waals surface area contributed by atoms with Crippen molar-refractivity contribution in [3.8, 4) is 11.5 Å². The molecule has 0 amide bonds. The first-order chi connectivity index (χ1) is 8.99. The number of thiocarbonyl (C=S) groups is 1. The van der Waals surface area contributed by atoms with Crippen LogP contribution in [0.4, 0.5) is 0 Å². The van der Waals surface area contributed by atoms with E-state index < -0.39 is 0 Å². The molecule has 0 aliphatic rings. The van der Waals surface area contributed by atoms with Crippen LogP contribution in [-0.4, -0.2) is 4.99 Å². The van der Waals surface area contributed by atoms with Gasteiger partial charge in [0.2, 0.25) is 0 Å². The second-order valence-electron chi connectivity index (χ2n) is 3.65. The van der Waals surface area contributed by atoms with E-state index in [0.717, 1.165) is 4.47 Å². The van der Waals surface area contributed by atoms with Crippen molar-refractivity contribution < 1.29 is 4.74 Å². The van der Waals surface area contributed by atoms with Crippen LogP contribution in [0.2, 0.25) is 10.0 Å². The lowest BCUT2D eigenvalue weighted by Crippen LogP contribution is -2.11. The number of hydrogen-bond acceptors (Lipinski definition) is 2. The Bertz CT molecular complexity index is 649. The standard InChI is InChI=1S/C13H8BrCl2NOS/c14-7-4-5-8(15)11(6-7)18-10-3-1-2-9(16)12(10)13(17)19/h1-6H,(H2,17,19). The fraction of sp³-hybridized carbons (Fsp3) is 0. The van der Waals surface area contributed by atoms with Crippen LogP contribution in [0.1, 0.15) is 5.56 Å². The van der Waals surface area contributed by atoms with E-state index in [4.69, 9.17) is 45.9 Å². The summed E-state index contributed by atoms with van der Waals surface area (Å²) >= 11 is 20.5. The monoisotopic (exact) mass is 375 g/mol. The quantitative estimate of drug-likeness (QED) is 0.749. The summed E-state index contributed by atoms with van der Waals surface area (Å²) < 4.78 is 6.60. The minimum Gasteiger partial charge on any atom is -0.455 e. The minimum atomic E-state index is 0.173. The van der Waals surface area contributed by atoms with Crippen LogP contribution >= 0.6 is 51.3 Å². The van der Waals surface area contributed by atoms with E-state index in [9.17, 15) is 0 Å². The summed E-state index contributed by atoms with van der Waals surface area (Å²) in [6.07, 6.45) is 0. The van der Waals surface area contributed by atoms with Crippen molar-refractivity contribution in [1.82, 2.24) is 0 Å². The summed E-state index contributed by atoms with van der Waals surface area (Å²) in [6, 6.07) is 10.5. The predicted molar refractivity (Wildman–Crippen MR) is 86.6 cm³/mol. The Kier molecular flexibility index (Phi) is 4.68. The molecule has 2 N–H and O–H groups in total. The molecule has 2 aromatic rings. The van der Waals surface area contributed by atoms with Crippen molar-refractivity contribution in [1.29, 1.82) is 0 Å². The number of ether oxygens (including phenoxy) is 1. The highest BCUT2D eigenvalue weighted by molar-refractivity contribution is 9.10. The maximum absolute atomic E-state index is 6.07. The van der Waals surface area contributed by atoms with Gasteiger partial charge in [0.05, 0.1) is 15.6 Å². The van der Waals surface area contributed by atoms with Crippen molar-refractivity contribution in [2.75, 3.05) is 0 Å². The molecular weight excluding hydrogens is 369 g/mol. The summed E-state index contributed by atoms with van der Waals surface area (Å²) in [5, 5.41) is 0.924. The fourth-order valence-corrected chi connectivity index (χ4v) is 2.53. The molecule has 0 bridgehead atoms. The highest BCUT2D eigenvalue weighted by atomic mass is 79.9. The SMILES string of the molecule is NC(=S)c1c(Cl)cccc1Oc1cc(Br)ccc1Cl. The number of benzene rings is 2. The molecule has 6 heteroatoms. The highest BCUT2D eigenvalue weighted by Gasteiger charge is 2.13. The summed E-state index contributed by atoms with van der Waals surface area (Å²) in [7, 11) is 0. The van der Waals surface area contributed by atoms with E-state index in [-0.39, 0.29) is 4.99 Å². The number of rotatable bonds is 3. The van der Waals surface area contributed by atoms with Gasteiger partial charge >= 0.3 is 0 Å². The Morgan fingerprint density at radius 2 is 1.84 bits per heavy atom. The van der Waals surface area contributed by atoms with Crippen molar-refractivity contribution >= 4 is 56.3 Å². The second kappa shape index (κ2) is 6.09. The Hall–Kier alpha value is -0.810. The van der Waals surface area contributed by atoms with Gasteiger partial charge in [0, 0.05) is 4.47 Å². The number of nitrogens with two attached hydrogens (primary N) is 1. The van der Waals surface area contributed by atoms with Crippen LogP contribution in [0.15, 0.2) is 40.9 Å². The Morgan fingerprint density at radius 3 is 2.53 bits per heavy atom. The van der Waals surface area contributed by atoms with E-state index in [1.165, 1.54) is 0 Å². The molecule has 0 unspecified atom stereocenters.